The SMILES string of the molecule is CC=CCC(C)C1CC=CC(=O)O1. The fourth-order valence-electron chi connectivity index (χ4n) is 1.39. The molecule has 2 atom stereocenters. The van der Waals surface area contributed by atoms with Crippen LogP contribution in [0.2, 0.25) is 0 Å². The minimum Gasteiger partial charge on any atom is -0.459 e. The van der Waals surface area contributed by atoms with Gasteiger partial charge in [-0.15, -0.1) is 0 Å². The second-order valence-electron chi connectivity index (χ2n) is 3.40. The Hall–Kier alpha value is -1.05. The first-order valence-corrected chi connectivity index (χ1v) is 4.72. The summed E-state index contributed by atoms with van der Waals surface area (Å²) in [6.07, 6.45) is 9.41. The van der Waals surface area contributed by atoms with Gasteiger partial charge in [-0.3, -0.25) is 0 Å². The molecule has 1 aliphatic rings. The Bertz CT molecular complexity index is 228. The smallest absolute Gasteiger partial charge is 0.330 e. The molecule has 0 aromatic carbocycles. The lowest BCUT2D eigenvalue weighted by molar-refractivity contribution is -0.146. The molecule has 2 unspecified atom stereocenters. The molecule has 0 saturated carbocycles. The average molecular weight is 180 g/mol. The molecule has 0 aromatic heterocycles. The summed E-state index contributed by atoms with van der Waals surface area (Å²) in [5, 5.41) is 0. The molecule has 1 heterocycles. The van der Waals surface area contributed by atoms with Crippen molar-refractivity contribution in [3.63, 3.8) is 0 Å². The maximum absolute atomic E-state index is 10.9. The fraction of sp³-hybridized carbons (Fsp3) is 0.545. The quantitative estimate of drug-likeness (QED) is 0.492. The molecule has 0 aliphatic carbocycles. The van der Waals surface area contributed by atoms with E-state index in [0.29, 0.717) is 5.92 Å². The highest BCUT2D eigenvalue weighted by Gasteiger charge is 2.21. The Morgan fingerprint density at radius 1 is 1.77 bits per heavy atom. The van der Waals surface area contributed by atoms with Gasteiger partial charge in [0, 0.05) is 12.5 Å². The molecule has 0 spiro atoms. The minimum absolute atomic E-state index is 0.0636. The average Bonchev–Trinajstić information content (AvgIpc) is 2.14. The van der Waals surface area contributed by atoms with Gasteiger partial charge in [0.25, 0.3) is 0 Å². The van der Waals surface area contributed by atoms with Gasteiger partial charge in [0.1, 0.15) is 6.10 Å². The van der Waals surface area contributed by atoms with Crippen LogP contribution in [0, 0.1) is 5.92 Å². The summed E-state index contributed by atoms with van der Waals surface area (Å²) in [7, 11) is 0. The number of carbonyl (C=O) groups excluding carboxylic acids is 1. The lowest BCUT2D eigenvalue weighted by Crippen LogP contribution is -2.26. The van der Waals surface area contributed by atoms with E-state index in [0.717, 1.165) is 12.8 Å². The lowest BCUT2D eigenvalue weighted by atomic mass is 9.97. The van der Waals surface area contributed by atoms with Gasteiger partial charge in [-0.25, -0.2) is 4.79 Å². The summed E-state index contributed by atoms with van der Waals surface area (Å²) in [6, 6.07) is 0. The number of carbonyl (C=O) groups is 1. The van der Waals surface area contributed by atoms with E-state index >= 15 is 0 Å². The van der Waals surface area contributed by atoms with Crippen molar-refractivity contribution >= 4 is 5.97 Å². The molecule has 13 heavy (non-hydrogen) atoms. The zero-order valence-corrected chi connectivity index (χ0v) is 8.19. The van der Waals surface area contributed by atoms with E-state index in [1.54, 1.807) is 0 Å². The third-order valence-electron chi connectivity index (χ3n) is 2.27. The first-order chi connectivity index (χ1) is 6.24. The van der Waals surface area contributed by atoms with Gasteiger partial charge in [0.05, 0.1) is 0 Å². The fourth-order valence-corrected chi connectivity index (χ4v) is 1.39. The van der Waals surface area contributed by atoms with Crippen molar-refractivity contribution < 1.29 is 9.53 Å². The van der Waals surface area contributed by atoms with E-state index in [1.807, 2.05) is 19.1 Å². The Morgan fingerprint density at radius 3 is 3.15 bits per heavy atom. The molecule has 2 nitrogen and oxygen atoms in total. The normalized spacial score (nSPS) is 24.8. The molecule has 1 aliphatic heterocycles. The van der Waals surface area contributed by atoms with Crippen molar-refractivity contribution in [2.24, 2.45) is 5.92 Å². The summed E-state index contributed by atoms with van der Waals surface area (Å²) < 4.78 is 5.19. The molecule has 72 valence electrons. The van der Waals surface area contributed by atoms with E-state index in [2.05, 4.69) is 13.0 Å². The highest BCUT2D eigenvalue weighted by Crippen LogP contribution is 2.19. The number of hydrogen-bond acceptors (Lipinski definition) is 2. The Balaban J connectivity index is 2.43. The molecule has 0 fully saturated rings. The van der Waals surface area contributed by atoms with Crippen LogP contribution in [-0.2, 0) is 9.53 Å². The molecular weight excluding hydrogens is 164 g/mol. The first-order valence-electron chi connectivity index (χ1n) is 4.72. The molecule has 2 heteroatoms. The highest BCUT2D eigenvalue weighted by atomic mass is 16.5. The summed E-state index contributed by atoms with van der Waals surface area (Å²) in [5.41, 5.74) is 0. The number of ether oxygens (including phenoxy) is 1. The summed E-state index contributed by atoms with van der Waals surface area (Å²) in [6.45, 7) is 4.11. The number of cyclic esters (lactones) is 1. The number of allylic oxidation sites excluding steroid dienone is 2. The van der Waals surface area contributed by atoms with Gasteiger partial charge in [-0.1, -0.05) is 25.2 Å². The molecule has 0 saturated heterocycles. The van der Waals surface area contributed by atoms with Crippen molar-refractivity contribution in [2.45, 2.75) is 32.8 Å². The highest BCUT2D eigenvalue weighted by molar-refractivity contribution is 5.82. The lowest BCUT2D eigenvalue weighted by Gasteiger charge is -2.23. The van der Waals surface area contributed by atoms with E-state index in [9.17, 15) is 4.79 Å². The largest absolute Gasteiger partial charge is 0.459 e. The second kappa shape index (κ2) is 4.85. The molecule has 0 aromatic rings. The van der Waals surface area contributed by atoms with Crippen LogP contribution < -0.4 is 0 Å². The van der Waals surface area contributed by atoms with Crippen LogP contribution in [0.15, 0.2) is 24.3 Å². The Morgan fingerprint density at radius 2 is 2.54 bits per heavy atom. The summed E-state index contributed by atoms with van der Waals surface area (Å²) in [5.74, 6) is 0.202. The van der Waals surface area contributed by atoms with Crippen molar-refractivity contribution in [2.75, 3.05) is 0 Å². The Labute approximate surface area is 79.3 Å². The van der Waals surface area contributed by atoms with Crippen molar-refractivity contribution in [1.82, 2.24) is 0 Å². The van der Waals surface area contributed by atoms with Crippen LogP contribution in [-0.4, -0.2) is 12.1 Å². The third-order valence-corrected chi connectivity index (χ3v) is 2.27. The second-order valence-corrected chi connectivity index (χ2v) is 3.40. The molecule has 1 rings (SSSR count). The monoisotopic (exact) mass is 180 g/mol. The van der Waals surface area contributed by atoms with Crippen LogP contribution in [0.5, 0.6) is 0 Å². The zero-order valence-electron chi connectivity index (χ0n) is 8.19. The maximum Gasteiger partial charge on any atom is 0.330 e. The van der Waals surface area contributed by atoms with Gasteiger partial charge in [-0.2, -0.15) is 0 Å². The van der Waals surface area contributed by atoms with Crippen LogP contribution in [0.1, 0.15) is 26.7 Å². The number of esters is 1. The van der Waals surface area contributed by atoms with Gasteiger partial charge in [0.15, 0.2) is 0 Å². The summed E-state index contributed by atoms with van der Waals surface area (Å²) in [4.78, 5) is 10.9. The van der Waals surface area contributed by atoms with Crippen molar-refractivity contribution in [3.05, 3.63) is 24.3 Å². The standard InChI is InChI=1S/C11H16O2/c1-3-4-6-9(2)10-7-5-8-11(12)13-10/h3-5,8-10H,6-7H2,1-2H3. The Kier molecular flexibility index (Phi) is 3.74. The molecule has 0 amide bonds. The number of hydrogen-bond donors (Lipinski definition) is 0. The van der Waals surface area contributed by atoms with E-state index in [4.69, 9.17) is 4.74 Å². The predicted octanol–water partition coefficient (Wildman–Crippen LogP) is 2.46. The topological polar surface area (TPSA) is 26.3 Å². The van der Waals surface area contributed by atoms with E-state index in [-0.39, 0.29) is 12.1 Å². The summed E-state index contributed by atoms with van der Waals surface area (Å²) >= 11 is 0. The third kappa shape index (κ3) is 3.05. The van der Waals surface area contributed by atoms with Crippen molar-refractivity contribution in [3.8, 4) is 0 Å². The molecular formula is C11H16O2. The zero-order chi connectivity index (χ0) is 9.68. The van der Waals surface area contributed by atoms with Gasteiger partial charge in [-0.05, 0) is 19.3 Å². The number of rotatable bonds is 3. The first kappa shape index (κ1) is 10.0. The minimum atomic E-state index is -0.205. The van der Waals surface area contributed by atoms with Crippen LogP contribution in [0.3, 0.4) is 0 Å². The molecule has 0 N–H and O–H groups in total. The van der Waals surface area contributed by atoms with Crippen LogP contribution in [0.25, 0.3) is 0 Å². The van der Waals surface area contributed by atoms with Gasteiger partial charge in [0.2, 0.25) is 0 Å². The van der Waals surface area contributed by atoms with Crippen LogP contribution >= 0.6 is 0 Å². The van der Waals surface area contributed by atoms with E-state index in [1.165, 1.54) is 6.08 Å². The molecule has 0 bridgehead atoms. The predicted molar refractivity (Wildman–Crippen MR) is 52.2 cm³/mol. The van der Waals surface area contributed by atoms with Gasteiger partial charge >= 0.3 is 5.97 Å². The van der Waals surface area contributed by atoms with Crippen LogP contribution in [0.4, 0.5) is 0 Å². The van der Waals surface area contributed by atoms with E-state index < -0.39 is 0 Å². The van der Waals surface area contributed by atoms with Crippen molar-refractivity contribution in [1.29, 1.82) is 0 Å². The maximum atomic E-state index is 10.9. The van der Waals surface area contributed by atoms with Gasteiger partial charge < -0.3 is 4.74 Å². The molecule has 0 radical (unpaired) electrons.